The number of rotatable bonds is 12. The Morgan fingerprint density at radius 2 is 1.34 bits per heavy atom. The van der Waals surface area contributed by atoms with Crippen molar-refractivity contribution in [2.45, 2.75) is 73.1 Å². The van der Waals surface area contributed by atoms with Gasteiger partial charge in [-0.1, -0.05) is 40.5 Å². The van der Waals surface area contributed by atoms with Crippen molar-refractivity contribution < 1.29 is 9.15 Å². The van der Waals surface area contributed by atoms with E-state index in [4.69, 9.17) is 9.15 Å². The van der Waals surface area contributed by atoms with Gasteiger partial charge in [0.05, 0.1) is 7.11 Å². The van der Waals surface area contributed by atoms with E-state index in [1.165, 1.54) is 22.3 Å². The van der Waals surface area contributed by atoms with Crippen LogP contribution in [0.15, 0.2) is 69.2 Å². The Labute approximate surface area is 193 Å². The van der Waals surface area contributed by atoms with Gasteiger partial charge in [-0.3, -0.25) is 0 Å². The number of hydrogen-bond donors (Lipinski definition) is 0. The van der Waals surface area contributed by atoms with Crippen LogP contribution in [0.25, 0.3) is 17.5 Å². The third-order valence-electron chi connectivity index (χ3n) is 5.30. The predicted octanol–water partition coefficient (Wildman–Crippen LogP) is 8.35. The van der Waals surface area contributed by atoms with Crippen LogP contribution in [0.2, 0.25) is 0 Å². The molecule has 0 unspecified atom stereocenters. The van der Waals surface area contributed by atoms with Gasteiger partial charge in [-0.25, -0.2) is 0 Å². The van der Waals surface area contributed by atoms with Crippen molar-refractivity contribution in [3.63, 3.8) is 0 Å². The Bertz CT molecular complexity index is 956. The van der Waals surface area contributed by atoms with Gasteiger partial charge >= 0.3 is 0 Å². The summed E-state index contributed by atoms with van der Waals surface area (Å²) in [4.78, 5) is 0. The first kappa shape index (κ1) is 25.4. The molecule has 0 fully saturated rings. The molecule has 0 aliphatic carbocycles. The minimum atomic E-state index is 0.520. The van der Waals surface area contributed by atoms with Gasteiger partial charge in [-0.05, 0) is 97.4 Å². The van der Waals surface area contributed by atoms with Gasteiger partial charge in [0.25, 0.3) is 0 Å². The highest BCUT2D eigenvalue weighted by Crippen LogP contribution is 2.22. The fourth-order valence-corrected chi connectivity index (χ4v) is 3.31. The number of aromatic nitrogens is 2. The Morgan fingerprint density at radius 3 is 1.91 bits per heavy atom. The molecule has 0 spiro atoms. The summed E-state index contributed by atoms with van der Waals surface area (Å²) in [5.74, 6) is 1.87. The number of allylic oxidation sites excluding steroid dienone is 7. The largest absolute Gasteiger partial charge is 0.497 e. The van der Waals surface area contributed by atoms with E-state index in [2.05, 4.69) is 63.0 Å². The smallest absolute Gasteiger partial charge is 0.248 e. The molecule has 0 bridgehead atoms. The maximum Gasteiger partial charge on any atom is 0.248 e. The summed E-state index contributed by atoms with van der Waals surface area (Å²) in [6.07, 6.45) is 15.6. The van der Waals surface area contributed by atoms with Crippen LogP contribution in [-0.4, -0.2) is 17.3 Å². The maximum absolute atomic E-state index is 5.79. The molecule has 0 saturated heterocycles. The van der Waals surface area contributed by atoms with Crippen molar-refractivity contribution in [2.75, 3.05) is 7.11 Å². The van der Waals surface area contributed by atoms with Crippen LogP contribution in [0, 0.1) is 0 Å². The predicted molar refractivity (Wildman–Crippen MR) is 135 cm³/mol. The van der Waals surface area contributed by atoms with Gasteiger partial charge in [0.2, 0.25) is 11.8 Å². The Balaban J connectivity index is 1.78. The molecule has 2 rings (SSSR count). The highest BCUT2D eigenvalue weighted by molar-refractivity contribution is 5.55. The molecule has 2 aromatic rings. The molecule has 32 heavy (non-hydrogen) atoms. The average molecular weight is 435 g/mol. The molecule has 0 N–H and O–H groups in total. The van der Waals surface area contributed by atoms with Gasteiger partial charge in [0.1, 0.15) is 5.75 Å². The van der Waals surface area contributed by atoms with Crippen molar-refractivity contribution >= 4 is 6.08 Å². The highest BCUT2D eigenvalue weighted by Gasteiger charge is 2.07. The maximum atomic E-state index is 5.79. The molecule has 1 aromatic heterocycles. The molecule has 0 atom stereocenters. The Kier molecular flexibility index (Phi) is 10.7. The number of methoxy groups -OCH3 is 1. The van der Waals surface area contributed by atoms with Gasteiger partial charge < -0.3 is 9.15 Å². The number of nitrogens with zero attached hydrogens (tertiary/aromatic N) is 2. The fourth-order valence-electron chi connectivity index (χ4n) is 3.31. The third-order valence-corrected chi connectivity index (χ3v) is 5.30. The number of benzene rings is 1. The molecule has 0 radical (unpaired) electrons. The van der Waals surface area contributed by atoms with Crippen molar-refractivity contribution in [2.24, 2.45) is 0 Å². The zero-order valence-electron chi connectivity index (χ0n) is 20.6. The summed E-state index contributed by atoms with van der Waals surface area (Å²) in [6, 6.07) is 7.60. The van der Waals surface area contributed by atoms with Crippen molar-refractivity contribution in [3.05, 3.63) is 70.7 Å². The second-order valence-corrected chi connectivity index (χ2v) is 8.66. The molecule has 1 aromatic carbocycles. The van der Waals surface area contributed by atoms with E-state index in [9.17, 15) is 0 Å². The van der Waals surface area contributed by atoms with E-state index in [-0.39, 0.29) is 0 Å². The van der Waals surface area contributed by atoms with Crippen LogP contribution < -0.4 is 4.74 Å². The lowest BCUT2D eigenvalue weighted by molar-refractivity contribution is 0.415. The fraction of sp³-hybridized carbons (Fsp3) is 0.429. The first-order valence-electron chi connectivity index (χ1n) is 11.5. The van der Waals surface area contributed by atoms with E-state index in [1.807, 2.05) is 30.3 Å². The lowest BCUT2D eigenvalue weighted by Crippen LogP contribution is -1.82. The molecule has 0 amide bonds. The molecule has 172 valence electrons. The van der Waals surface area contributed by atoms with E-state index in [0.717, 1.165) is 49.8 Å². The molecule has 1 heterocycles. The molecular formula is C28H38N2O2. The van der Waals surface area contributed by atoms with Crippen molar-refractivity contribution in [1.29, 1.82) is 0 Å². The van der Waals surface area contributed by atoms with E-state index in [0.29, 0.717) is 11.8 Å². The quantitative estimate of drug-likeness (QED) is 0.315. The molecule has 0 aliphatic heterocycles. The molecule has 0 saturated carbocycles. The lowest BCUT2D eigenvalue weighted by Gasteiger charge is -2.02. The van der Waals surface area contributed by atoms with Crippen LogP contribution in [-0.2, 0) is 0 Å². The Hall–Kier alpha value is -2.88. The number of hydrogen-bond acceptors (Lipinski definition) is 4. The summed E-state index contributed by atoms with van der Waals surface area (Å²) in [6.45, 7) is 10.9. The van der Waals surface area contributed by atoms with E-state index < -0.39 is 0 Å². The molecule has 4 heteroatoms. The first-order chi connectivity index (χ1) is 15.4. The summed E-state index contributed by atoms with van der Waals surface area (Å²) in [5, 5.41) is 8.31. The Morgan fingerprint density at radius 1 is 0.781 bits per heavy atom. The second-order valence-electron chi connectivity index (χ2n) is 8.66. The standard InChI is InChI=1S/C28H38N2O2/c1-21(2)10-7-11-22(3)12-8-13-23(4)14-9-15-24(5)20-27-29-30-28(32-27)25-16-18-26(31-6)19-17-25/h10,12,14,16-20H,7-9,11,13,15H2,1-6H3. The zero-order valence-corrected chi connectivity index (χ0v) is 20.6. The van der Waals surface area contributed by atoms with Crippen molar-refractivity contribution in [1.82, 2.24) is 10.2 Å². The van der Waals surface area contributed by atoms with Crippen LogP contribution in [0.5, 0.6) is 5.75 Å². The lowest BCUT2D eigenvalue weighted by atomic mass is 10.0. The van der Waals surface area contributed by atoms with Crippen molar-refractivity contribution in [3.8, 4) is 17.2 Å². The normalized spacial score (nSPS) is 12.8. The van der Waals surface area contributed by atoms with Crippen LogP contribution in [0.4, 0.5) is 0 Å². The molecule has 4 nitrogen and oxygen atoms in total. The minimum absolute atomic E-state index is 0.520. The summed E-state index contributed by atoms with van der Waals surface area (Å²) < 4.78 is 11.0. The zero-order chi connectivity index (χ0) is 23.3. The SMILES string of the molecule is COc1ccc(-c2nnc(C=C(C)CCC=C(C)CCC=C(C)CCC=C(C)C)o2)cc1. The summed E-state index contributed by atoms with van der Waals surface area (Å²) in [7, 11) is 1.65. The molecule has 0 aliphatic rings. The summed E-state index contributed by atoms with van der Waals surface area (Å²) >= 11 is 0. The minimum Gasteiger partial charge on any atom is -0.497 e. The third kappa shape index (κ3) is 9.51. The second kappa shape index (κ2) is 13.5. The molecular weight excluding hydrogens is 396 g/mol. The van der Waals surface area contributed by atoms with Crippen LogP contribution >= 0.6 is 0 Å². The average Bonchev–Trinajstić information content (AvgIpc) is 3.22. The topological polar surface area (TPSA) is 48.2 Å². The number of ether oxygens (including phenoxy) is 1. The van der Waals surface area contributed by atoms with Crippen LogP contribution in [0.1, 0.15) is 79.0 Å². The van der Waals surface area contributed by atoms with Gasteiger partial charge in [-0.2, -0.15) is 0 Å². The van der Waals surface area contributed by atoms with Gasteiger partial charge in [0, 0.05) is 11.6 Å². The van der Waals surface area contributed by atoms with Crippen LogP contribution in [0.3, 0.4) is 0 Å². The summed E-state index contributed by atoms with van der Waals surface area (Å²) in [5.41, 5.74) is 6.45. The van der Waals surface area contributed by atoms with E-state index >= 15 is 0 Å². The van der Waals surface area contributed by atoms with Gasteiger partial charge in [-0.15, -0.1) is 10.2 Å². The highest BCUT2D eigenvalue weighted by atomic mass is 16.5. The van der Waals surface area contributed by atoms with E-state index in [1.54, 1.807) is 7.11 Å². The van der Waals surface area contributed by atoms with Gasteiger partial charge in [0.15, 0.2) is 0 Å². The first-order valence-corrected chi connectivity index (χ1v) is 11.5. The monoisotopic (exact) mass is 434 g/mol.